The Labute approximate surface area is 164 Å². The fourth-order valence-corrected chi connectivity index (χ4v) is 4.72. The molecule has 27 heavy (non-hydrogen) atoms. The second-order valence-electron chi connectivity index (χ2n) is 7.37. The van der Waals surface area contributed by atoms with E-state index in [1.807, 2.05) is 11.1 Å². The van der Waals surface area contributed by atoms with Crippen molar-refractivity contribution < 1.29 is 9.94 Å². The molecule has 1 atom stereocenters. The van der Waals surface area contributed by atoms with Crippen LogP contribution in [0.5, 0.6) is 5.75 Å². The predicted molar refractivity (Wildman–Crippen MR) is 108 cm³/mol. The third kappa shape index (κ3) is 3.87. The van der Waals surface area contributed by atoms with E-state index in [1.165, 1.54) is 11.1 Å². The summed E-state index contributed by atoms with van der Waals surface area (Å²) in [7, 11) is 0. The van der Waals surface area contributed by atoms with E-state index in [0.29, 0.717) is 5.92 Å². The first-order valence-corrected chi connectivity index (χ1v) is 10.7. The molecule has 0 radical (unpaired) electrons. The number of guanidine groups is 1. The second-order valence-corrected chi connectivity index (χ2v) is 8.25. The zero-order valence-electron chi connectivity index (χ0n) is 15.7. The van der Waals surface area contributed by atoms with Gasteiger partial charge in [0.05, 0.1) is 11.9 Å². The van der Waals surface area contributed by atoms with Crippen molar-refractivity contribution in [2.75, 3.05) is 32.4 Å². The molecular weight excluding hydrogens is 362 g/mol. The number of nitrogens with two attached hydrogens (primary N) is 1. The van der Waals surface area contributed by atoms with Gasteiger partial charge in [-0.25, -0.2) is 4.31 Å². The minimum Gasteiger partial charge on any atom is -0.488 e. The predicted octanol–water partition coefficient (Wildman–Crippen LogP) is 2.17. The Kier molecular flexibility index (Phi) is 5.45. The molecule has 1 saturated heterocycles. The molecule has 1 fully saturated rings. The molecule has 0 spiro atoms. The summed E-state index contributed by atoms with van der Waals surface area (Å²) in [6.07, 6.45) is 10.5. The van der Waals surface area contributed by atoms with Crippen LogP contribution in [0, 0.1) is 5.92 Å². The van der Waals surface area contributed by atoms with Gasteiger partial charge in [0.25, 0.3) is 0 Å². The molecule has 0 aliphatic carbocycles. The number of nitrogens with zero attached hydrogens (tertiary/aromatic N) is 4. The number of hydrogen-bond donors (Lipinski definition) is 2. The van der Waals surface area contributed by atoms with Crippen molar-refractivity contribution in [3.63, 3.8) is 0 Å². The molecule has 1 aromatic heterocycles. The lowest BCUT2D eigenvalue weighted by atomic mass is 9.89. The summed E-state index contributed by atoms with van der Waals surface area (Å²) in [5, 5.41) is 11.9. The van der Waals surface area contributed by atoms with E-state index in [-0.39, 0.29) is 12.1 Å². The van der Waals surface area contributed by atoms with E-state index in [2.05, 4.69) is 32.8 Å². The highest BCUT2D eigenvalue weighted by Gasteiger charge is 2.34. The van der Waals surface area contributed by atoms with Crippen molar-refractivity contribution in [2.24, 2.45) is 16.8 Å². The van der Waals surface area contributed by atoms with Crippen molar-refractivity contribution in [1.29, 1.82) is 0 Å². The van der Waals surface area contributed by atoms with E-state index < -0.39 is 0 Å². The van der Waals surface area contributed by atoms with E-state index in [9.17, 15) is 0 Å². The van der Waals surface area contributed by atoms with Gasteiger partial charge in [-0.15, -0.1) is 0 Å². The Hall–Kier alpha value is -1.93. The Morgan fingerprint density at radius 1 is 1.37 bits per heavy atom. The average Bonchev–Trinajstić information content (AvgIpc) is 3.16. The van der Waals surface area contributed by atoms with Gasteiger partial charge in [-0.2, -0.15) is 0 Å². The van der Waals surface area contributed by atoms with Crippen molar-refractivity contribution in [3.8, 4) is 5.75 Å². The lowest BCUT2D eigenvalue weighted by molar-refractivity contribution is 0.111. The summed E-state index contributed by atoms with van der Waals surface area (Å²) in [4.78, 5) is 6.59. The quantitative estimate of drug-likeness (QED) is 0.269. The molecule has 3 N–H and O–H groups in total. The lowest BCUT2D eigenvalue weighted by Crippen LogP contribution is -2.45. The standard InChI is InChI=1S/C19H27N5O2S/c1-27-24-8-4-13(5-9-24)16-10-15-11-17(26-18(15)12-21-16)14-2-6-23(7-3-14)19(20)22-25/h4,10,12,14,17,25H,2-3,5-9,11H2,1H3,(H2,20,22). The maximum Gasteiger partial charge on any atom is 0.233 e. The highest BCUT2D eigenvalue weighted by molar-refractivity contribution is 7.96. The number of rotatable bonds is 3. The minimum atomic E-state index is 0.207. The van der Waals surface area contributed by atoms with E-state index in [1.54, 1.807) is 11.9 Å². The van der Waals surface area contributed by atoms with Crippen LogP contribution in [-0.4, -0.2) is 63.9 Å². The van der Waals surface area contributed by atoms with Gasteiger partial charge in [-0.05, 0) is 43.1 Å². The molecule has 0 amide bonds. The molecule has 0 bridgehead atoms. The number of pyridine rings is 1. The number of aromatic nitrogens is 1. The van der Waals surface area contributed by atoms with Crippen LogP contribution in [0.2, 0.25) is 0 Å². The Morgan fingerprint density at radius 2 is 2.19 bits per heavy atom. The number of hydrogen-bond acceptors (Lipinski definition) is 6. The summed E-state index contributed by atoms with van der Waals surface area (Å²) in [5.41, 5.74) is 9.42. The van der Waals surface area contributed by atoms with Gasteiger partial charge in [0.2, 0.25) is 5.96 Å². The van der Waals surface area contributed by atoms with Crippen LogP contribution in [0.4, 0.5) is 0 Å². The molecule has 8 heteroatoms. The highest BCUT2D eigenvalue weighted by Crippen LogP contribution is 2.36. The lowest BCUT2D eigenvalue weighted by Gasteiger charge is -2.34. The first-order valence-electron chi connectivity index (χ1n) is 9.54. The summed E-state index contributed by atoms with van der Waals surface area (Å²) >= 11 is 1.80. The molecule has 3 aliphatic rings. The van der Waals surface area contributed by atoms with Crippen molar-refractivity contribution in [3.05, 3.63) is 29.6 Å². The summed E-state index contributed by atoms with van der Waals surface area (Å²) in [6.45, 7) is 3.66. The van der Waals surface area contributed by atoms with Crippen LogP contribution in [0.3, 0.4) is 0 Å². The molecular formula is C19H27N5O2S. The Morgan fingerprint density at radius 3 is 2.85 bits per heavy atom. The van der Waals surface area contributed by atoms with Gasteiger partial charge in [-0.3, -0.25) is 4.98 Å². The smallest absolute Gasteiger partial charge is 0.233 e. The van der Waals surface area contributed by atoms with Gasteiger partial charge in [0.1, 0.15) is 11.9 Å². The first-order chi connectivity index (χ1) is 13.2. The van der Waals surface area contributed by atoms with Crippen molar-refractivity contribution in [2.45, 2.75) is 31.8 Å². The molecule has 7 nitrogen and oxygen atoms in total. The molecule has 1 unspecified atom stereocenters. The van der Waals surface area contributed by atoms with E-state index >= 15 is 0 Å². The van der Waals surface area contributed by atoms with Gasteiger partial charge in [0, 0.05) is 38.2 Å². The summed E-state index contributed by atoms with van der Waals surface area (Å²) < 4.78 is 8.58. The van der Waals surface area contributed by atoms with Crippen molar-refractivity contribution >= 4 is 23.5 Å². The monoisotopic (exact) mass is 389 g/mol. The van der Waals surface area contributed by atoms with Crippen LogP contribution in [0.25, 0.3) is 5.57 Å². The average molecular weight is 390 g/mol. The third-order valence-electron chi connectivity index (χ3n) is 5.90. The first kappa shape index (κ1) is 18.4. The van der Waals surface area contributed by atoms with Crippen LogP contribution >= 0.6 is 11.9 Å². The van der Waals surface area contributed by atoms with Gasteiger partial charge in [0.15, 0.2) is 0 Å². The SMILES string of the molecule is CSN1CC=C(c2cc3c(cn2)OC(C2CCN(/C(N)=N/O)CC2)C3)CC1. The molecule has 4 rings (SSSR count). The van der Waals surface area contributed by atoms with Gasteiger partial charge < -0.3 is 20.6 Å². The van der Waals surface area contributed by atoms with Crippen LogP contribution < -0.4 is 10.5 Å². The fourth-order valence-electron chi connectivity index (χ4n) is 4.22. The van der Waals surface area contributed by atoms with Crippen LogP contribution in [-0.2, 0) is 6.42 Å². The molecule has 0 aromatic carbocycles. The highest BCUT2D eigenvalue weighted by atomic mass is 32.2. The van der Waals surface area contributed by atoms with Gasteiger partial charge in [-0.1, -0.05) is 23.2 Å². The normalized spacial score (nSPS) is 24.5. The molecule has 1 aromatic rings. The van der Waals surface area contributed by atoms with Crippen LogP contribution in [0.15, 0.2) is 23.5 Å². The third-order valence-corrected chi connectivity index (χ3v) is 6.75. The van der Waals surface area contributed by atoms with Gasteiger partial charge >= 0.3 is 0 Å². The molecule has 4 heterocycles. The molecule has 146 valence electrons. The maximum atomic E-state index is 8.83. The van der Waals surface area contributed by atoms with E-state index in [4.69, 9.17) is 15.7 Å². The fraction of sp³-hybridized carbons (Fsp3) is 0.579. The Balaban J connectivity index is 1.39. The minimum absolute atomic E-state index is 0.207. The number of likely N-dealkylation sites (tertiary alicyclic amines) is 1. The Bertz CT molecular complexity index is 746. The zero-order chi connectivity index (χ0) is 18.8. The number of ether oxygens (including phenoxy) is 1. The number of fused-ring (bicyclic) bond motifs is 1. The largest absolute Gasteiger partial charge is 0.488 e. The second kappa shape index (κ2) is 7.98. The van der Waals surface area contributed by atoms with Crippen LogP contribution in [0.1, 0.15) is 30.5 Å². The maximum absolute atomic E-state index is 8.83. The topological polar surface area (TPSA) is 87.2 Å². The summed E-state index contributed by atoms with van der Waals surface area (Å²) in [6, 6.07) is 2.22. The summed E-state index contributed by atoms with van der Waals surface area (Å²) in [5.74, 6) is 1.64. The number of piperidine rings is 1. The molecule has 3 aliphatic heterocycles. The molecule has 0 saturated carbocycles. The number of oxime groups is 1. The van der Waals surface area contributed by atoms with E-state index in [0.717, 1.165) is 63.3 Å². The van der Waals surface area contributed by atoms with Crippen molar-refractivity contribution in [1.82, 2.24) is 14.2 Å². The zero-order valence-corrected chi connectivity index (χ0v) is 16.5.